The van der Waals surface area contributed by atoms with Crippen LogP contribution in [0.3, 0.4) is 0 Å². The molecule has 0 aromatic rings. The number of allylic oxidation sites excluding steroid dienone is 12. The predicted molar refractivity (Wildman–Crippen MR) is 241 cm³/mol. The van der Waals surface area contributed by atoms with Crippen molar-refractivity contribution in [1.82, 2.24) is 0 Å². The van der Waals surface area contributed by atoms with Crippen LogP contribution in [-0.2, 0) is 37.4 Å². The summed E-state index contributed by atoms with van der Waals surface area (Å²) < 4.78 is 38.4. The Morgan fingerprint density at radius 2 is 1.03 bits per heavy atom. The van der Waals surface area contributed by atoms with Gasteiger partial charge in [0, 0.05) is 12.8 Å². The maximum absolute atomic E-state index is 12.6. The minimum absolute atomic E-state index is 0.0908. The Hall–Kier alpha value is -2.89. The number of rotatable bonds is 40. The summed E-state index contributed by atoms with van der Waals surface area (Å²) in [4.78, 5) is 35.0. The maximum Gasteiger partial charge on any atom is 0.472 e. The Labute approximate surface area is 362 Å². The van der Waals surface area contributed by atoms with Gasteiger partial charge in [0.2, 0.25) is 0 Å². The van der Waals surface area contributed by atoms with Crippen LogP contribution in [0.2, 0.25) is 0 Å². The van der Waals surface area contributed by atoms with Gasteiger partial charge in [0.1, 0.15) is 12.7 Å². The van der Waals surface area contributed by atoms with Crippen LogP contribution < -0.4 is 0 Å². The maximum atomic E-state index is 12.6. The number of hydrogen-bond donors (Lipinski definition) is 3. The molecule has 0 bridgehead atoms. The van der Waals surface area contributed by atoms with E-state index in [1.165, 1.54) is 44.9 Å². The Bertz CT molecular complexity index is 1340. The van der Waals surface area contributed by atoms with Crippen molar-refractivity contribution in [3.8, 4) is 0 Å². The lowest BCUT2D eigenvalue weighted by atomic mass is 10.1. The van der Waals surface area contributed by atoms with E-state index in [1.807, 2.05) is 12.2 Å². The number of epoxide rings is 1. The van der Waals surface area contributed by atoms with Crippen LogP contribution in [0.25, 0.3) is 0 Å². The molecular weight excluding hydrogens is 783 g/mol. The molecule has 0 radical (unpaired) electrons. The molecule has 12 heteroatoms. The van der Waals surface area contributed by atoms with Crippen LogP contribution in [0, 0.1) is 0 Å². The Kier molecular flexibility index (Phi) is 35.8. The lowest BCUT2D eigenvalue weighted by molar-refractivity contribution is -0.161. The first-order chi connectivity index (χ1) is 29.2. The van der Waals surface area contributed by atoms with Gasteiger partial charge in [-0.3, -0.25) is 18.6 Å². The Morgan fingerprint density at radius 3 is 1.58 bits per heavy atom. The second-order valence-electron chi connectivity index (χ2n) is 15.1. The normalized spacial score (nSPS) is 17.9. The van der Waals surface area contributed by atoms with Gasteiger partial charge in [-0.05, 0) is 96.3 Å². The van der Waals surface area contributed by atoms with E-state index in [1.54, 1.807) is 0 Å². The second kappa shape index (κ2) is 39.0. The van der Waals surface area contributed by atoms with Crippen molar-refractivity contribution in [2.24, 2.45) is 0 Å². The number of phosphoric ester groups is 1. The van der Waals surface area contributed by atoms with Crippen molar-refractivity contribution < 1.29 is 52.5 Å². The van der Waals surface area contributed by atoms with Gasteiger partial charge in [0.05, 0.1) is 32.0 Å². The van der Waals surface area contributed by atoms with Gasteiger partial charge >= 0.3 is 19.8 Å². The molecular formula is C48H79O11P. The van der Waals surface area contributed by atoms with Crippen LogP contribution in [-0.4, -0.2) is 77.9 Å². The van der Waals surface area contributed by atoms with E-state index in [0.29, 0.717) is 31.5 Å². The topological polar surface area (TPSA) is 161 Å². The summed E-state index contributed by atoms with van der Waals surface area (Å²) in [6.07, 6.45) is 48.7. The third-order valence-electron chi connectivity index (χ3n) is 9.42. The van der Waals surface area contributed by atoms with E-state index in [2.05, 4.69) is 91.3 Å². The molecule has 1 heterocycles. The summed E-state index contributed by atoms with van der Waals surface area (Å²) in [6, 6.07) is 0. The number of unbranched alkanes of at least 4 members (excludes halogenated alkanes) is 10. The molecule has 1 aliphatic heterocycles. The number of carbonyl (C=O) groups is 2. The van der Waals surface area contributed by atoms with Gasteiger partial charge < -0.3 is 29.3 Å². The van der Waals surface area contributed by atoms with E-state index in [4.69, 9.17) is 23.8 Å². The molecule has 0 aromatic carbocycles. The SMILES string of the molecule is CCCCC/C=C\C/C=C\C/C=C\C/C=C\CCCCCC(=O)OC[C@H](COP(=O)(O)OC[C@@H](O)CO)OC(=O)CCC/C=C\C/C=C\CC1OC1C/C=C\CCCCC. The van der Waals surface area contributed by atoms with Gasteiger partial charge in [-0.25, -0.2) is 4.57 Å². The smallest absolute Gasteiger partial charge is 0.462 e. The third-order valence-corrected chi connectivity index (χ3v) is 10.4. The zero-order valence-electron chi connectivity index (χ0n) is 36.8. The molecule has 3 N–H and O–H groups in total. The van der Waals surface area contributed by atoms with Gasteiger partial charge in [-0.1, -0.05) is 131 Å². The van der Waals surface area contributed by atoms with E-state index in [9.17, 15) is 24.2 Å². The highest BCUT2D eigenvalue weighted by atomic mass is 31.2. The van der Waals surface area contributed by atoms with E-state index in [-0.39, 0.29) is 19.4 Å². The third kappa shape index (κ3) is 35.8. The largest absolute Gasteiger partial charge is 0.472 e. The summed E-state index contributed by atoms with van der Waals surface area (Å²) in [7, 11) is -4.65. The molecule has 0 aromatic heterocycles. The number of hydrogen-bond acceptors (Lipinski definition) is 10. The molecule has 3 unspecified atom stereocenters. The number of ether oxygens (including phenoxy) is 3. The number of aliphatic hydroxyl groups is 2. The molecule has 5 atom stereocenters. The molecule has 1 aliphatic rings. The quantitative estimate of drug-likeness (QED) is 0.0177. The predicted octanol–water partition coefficient (Wildman–Crippen LogP) is 11.2. The minimum Gasteiger partial charge on any atom is -0.462 e. The molecule has 1 saturated heterocycles. The van der Waals surface area contributed by atoms with Crippen molar-refractivity contribution in [3.63, 3.8) is 0 Å². The van der Waals surface area contributed by atoms with Crippen molar-refractivity contribution in [3.05, 3.63) is 85.1 Å². The monoisotopic (exact) mass is 863 g/mol. The van der Waals surface area contributed by atoms with Crippen LogP contribution in [0.4, 0.5) is 0 Å². The van der Waals surface area contributed by atoms with Gasteiger partial charge in [-0.15, -0.1) is 0 Å². The van der Waals surface area contributed by atoms with Gasteiger partial charge in [0.25, 0.3) is 0 Å². The lowest BCUT2D eigenvalue weighted by Crippen LogP contribution is -2.29. The average molecular weight is 863 g/mol. The summed E-state index contributed by atoms with van der Waals surface area (Å²) in [6.45, 7) is 2.19. The summed E-state index contributed by atoms with van der Waals surface area (Å²) in [5, 5.41) is 18.4. The summed E-state index contributed by atoms with van der Waals surface area (Å²) in [5.41, 5.74) is 0. The van der Waals surface area contributed by atoms with E-state index >= 15 is 0 Å². The average Bonchev–Trinajstić information content (AvgIpc) is 4.00. The van der Waals surface area contributed by atoms with Crippen molar-refractivity contribution >= 4 is 19.8 Å². The molecule has 342 valence electrons. The van der Waals surface area contributed by atoms with E-state index < -0.39 is 51.8 Å². The van der Waals surface area contributed by atoms with Crippen molar-refractivity contribution in [2.45, 2.75) is 180 Å². The lowest BCUT2D eigenvalue weighted by Gasteiger charge is -2.20. The van der Waals surface area contributed by atoms with Crippen molar-refractivity contribution in [2.75, 3.05) is 26.4 Å². The first-order valence-electron chi connectivity index (χ1n) is 22.7. The molecule has 1 fully saturated rings. The van der Waals surface area contributed by atoms with E-state index in [0.717, 1.165) is 64.2 Å². The highest BCUT2D eigenvalue weighted by Crippen LogP contribution is 2.43. The van der Waals surface area contributed by atoms with Crippen LogP contribution in [0.5, 0.6) is 0 Å². The molecule has 0 spiro atoms. The fourth-order valence-corrected chi connectivity index (χ4v) is 6.56. The minimum atomic E-state index is -4.65. The first kappa shape index (κ1) is 55.1. The first-order valence-corrected chi connectivity index (χ1v) is 24.2. The second-order valence-corrected chi connectivity index (χ2v) is 16.6. The fourth-order valence-electron chi connectivity index (χ4n) is 5.77. The van der Waals surface area contributed by atoms with Gasteiger partial charge in [-0.2, -0.15) is 0 Å². The summed E-state index contributed by atoms with van der Waals surface area (Å²) >= 11 is 0. The molecule has 1 rings (SSSR count). The van der Waals surface area contributed by atoms with Crippen molar-refractivity contribution in [1.29, 1.82) is 0 Å². The molecule has 60 heavy (non-hydrogen) atoms. The Morgan fingerprint density at radius 1 is 0.583 bits per heavy atom. The molecule has 0 saturated carbocycles. The molecule has 11 nitrogen and oxygen atoms in total. The standard InChI is InChI=1S/C48H79O11P/c1-3-5-7-9-11-12-13-14-15-16-17-18-19-20-21-22-25-29-33-37-47(51)55-41-44(42-57-60(53,54)56-40-43(50)39-49)58-48(52)38-34-30-26-23-24-28-32-36-46-45(59-46)35-31-27-10-8-6-4-2/h11-12,14-15,17-18,20-21,23,26-28,31-32,43-46,49-50H,3-10,13,16,19,22,24-25,29-30,33-42H2,1-2H3,(H,53,54)/b12-11-,15-14-,18-17-,21-20-,26-23-,31-27-,32-28-/t43-,44+,45?,46?/m0/s1. The number of carbonyl (C=O) groups excluding carboxylic acids is 2. The molecule has 0 aliphatic carbocycles. The van der Waals surface area contributed by atoms with Crippen LogP contribution in [0.15, 0.2) is 85.1 Å². The zero-order chi connectivity index (χ0) is 43.8. The number of aliphatic hydroxyl groups excluding tert-OH is 2. The highest BCUT2D eigenvalue weighted by molar-refractivity contribution is 7.47. The zero-order valence-corrected chi connectivity index (χ0v) is 37.7. The molecule has 0 amide bonds. The van der Waals surface area contributed by atoms with Crippen LogP contribution in [0.1, 0.15) is 155 Å². The number of phosphoric acid groups is 1. The highest BCUT2D eigenvalue weighted by Gasteiger charge is 2.36. The fraction of sp³-hybridized carbons (Fsp3) is 0.667. The summed E-state index contributed by atoms with van der Waals surface area (Å²) in [5.74, 6) is -1.04. The Balaban J connectivity index is 2.31. The van der Waals surface area contributed by atoms with Gasteiger partial charge in [0.15, 0.2) is 6.10 Å². The number of esters is 2. The van der Waals surface area contributed by atoms with Crippen LogP contribution >= 0.6 is 7.82 Å².